The van der Waals surface area contributed by atoms with Gasteiger partial charge in [0.2, 0.25) is 5.91 Å². The van der Waals surface area contributed by atoms with Gasteiger partial charge in [-0.25, -0.2) is 4.79 Å². The Morgan fingerprint density at radius 1 is 1.23 bits per heavy atom. The van der Waals surface area contributed by atoms with E-state index in [0.29, 0.717) is 17.6 Å². The quantitative estimate of drug-likeness (QED) is 0.727. The van der Waals surface area contributed by atoms with Crippen LogP contribution in [0.25, 0.3) is 5.69 Å². The van der Waals surface area contributed by atoms with E-state index in [1.54, 1.807) is 0 Å². The standard InChI is InChI=1S/C18H25N5O2S/c1-12(2)8-9-19-17(25)20-16(24)11-26-18-22-21-14(4)23(18)15-7-5-6-13(3)10-15/h5-7,10,12H,8-9,11H2,1-4H3,(H2,19,20,24,25). The molecule has 0 aliphatic heterocycles. The van der Waals surface area contributed by atoms with Crippen molar-refractivity contribution in [2.75, 3.05) is 12.3 Å². The Morgan fingerprint density at radius 3 is 2.69 bits per heavy atom. The number of aryl methyl sites for hydroxylation is 2. The molecule has 0 aliphatic carbocycles. The fourth-order valence-electron chi connectivity index (χ4n) is 2.31. The molecule has 2 N–H and O–H groups in total. The summed E-state index contributed by atoms with van der Waals surface area (Å²) in [4.78, 5) is 23.7. The molecule has 0 atom stereocenters. The van der Waals surface area contributed by atoms with Gasteiger partial charge in [0.1, 0.15) is 5.82 Å². The summed E-state index contributed by atoms with van der Waals surface area (Å²) < 4.78 is 1.90. The maximum absolute atomic E-state index is 12.0. The van der Waals surface area contributed by atoms with Crippen molar-refractivity contribution >= 4 is 23.7 Å². The lowest BCUT2D eigenvalue weighted by molar-refractivity contribution is -0.117. The third-order valence-corrected chi connectivity index (χ3v) is 4.58. The van der Waals surface area contributed by atoms with Crippen LogP contribution in [0.1, 0.15) is 31.7 Å². The number of hydrogen-bond acceptors (Lipinski definition) is 5. The second-order valence-corrected chi connectivity index (χ2v) is 7.42. The highest BCUT2D eigenvalue weighted by Gasteiger charge is 2.14. The van der Waals surface area contributed by atoms with Crippen molar-refractivity contribution in [1.29, 1.82) is 0 Å². The molecular formula is C18H25N5O2S. The van der Waals surface area contributed by atoms with E-state index in [1.165, 1.54) is 11.8 Å². The second-order valence-electron chi connectivity index (χ2n) is 6.48. The number of imide groups is 1. The Kier molecular flexibility index (Phi) is 7.20. The SMILES string of the molecule is Cc1cccc(-n2c(C)nnc2SCC(=O)NC(=O)NCCC(C)C)c1. The number of nitrogens with one attached hydrogen (secondary N) is 2. The number of hydrogen-bond donors (Lipinski definition) is 2. The molecule has 2 rings (SSSR count). The molecule has 1 heterocycles. The normalized spacial score (nSPS) is 10.8. The van der Waals surface area contributed by atoms with Crippen LogP contribution in [0.5, 0.6) is 0 Å². The Hall–Kier alpha value is -2.35. The van der Waals surface area contributed by atoms with Crippen LogP contribution in [-0.4, -0.2) is 39.0 Å². The van der Waals surface area contributed by atoms with Gasteiger partial charge in [-0.15, -0.1) is 10.2 Å². The monoisotopic (exact) mass is 375 g/mol. The number of urea groups is 1. The molecule has 0 fully saturated rings. The zero-order valence-electron chi connectivity index (χ0n) is 15.6. The van der Waals surface area contributed by atoms with Crippen LogP contribution in [-0.2, 0) is 4.79 Å². The van der Waals surface area contributed by atoms with Crippen LogP contribution in [0.15, 0.2) is 29.4 Å². The number of carbonyl (C=O) groups is 2. The van der Waals surface area contributed by atoms with Crippen molar-refractivity contribution in [3.05, 3.63) is 35.7 Å². The number of aromatic nitrogens is 3. The average molecular weight is 375 g/mol. The van der Waals surface area contributed by atoms with Gasteiger partial charge in [0.25, 0.3) is 0 Å². The van der Waals surface area contributed by atoms with Gasteiger partial charge < -0.3 is 5.32 Å². The van der Waals surface area contributed by atoms with Crippen molar-refractivity contribution < 1.29 is 9.59 Å². The number of benzene rings is 1. The van der Waals surface area contributed by atoms with Gasteiger partial charge in [0.15, 0.2) is 5.16 Å². The first-order valence-corrected chi connectivity index (χ1v) is 9.55. The number of carbonyl (C=O) groups excluding carboxylic acids is 2. The maximum Gasteiger partial charge on any atom is 0.321 e. The molecule has 0 spiro atoms. The van der Waals surface area contributed by atoms with Crippen LogP contribution >= 0.6 is 11.8 Å². The zero-order chi connectivity index (χ0) is 19.1. The summed E-state index contributed by atoms with van der Waals surface area (Å²) in [5, 5.41) is 13.9. The van der Waals surface area contributed by atoms with Crippen LogP contribution < -0.4 is 10.6 Å². The van der Waals surface area contributed by atoms with E-state index >= 15 is 0 Å². The van der Waals surface area contributed by atoms with Crippen LogP contribution in [0, 0.1) is 19.8 Å². The van der Waals surface area contributed by atoms with E-state index in [0.717, 1.165) is 23.5 Å². The Bertz CT molecular complexity index is 773. The van der Waals surface area contributed by atoms with Crippen molar-refractivity contribution in [2.24, 2.45) is 5.92 Å². The van der Waals surface area contributed by atoms with Gasteiger partial charge in [-0.1, -0.05) is 37.7 Å². The minimum Gasteiger partial charge on any atom is -0.338 e. The molecule has 0 aliphatic rings. The van der Waals surface area contributed by atoms with E-state index in [-0.39, 0.29) is 11.7 Å². The predicted molar refractivity (Wildman–Crippen MR) is 103 cm³/mol. The molecule has 26 heavy (non-hydrogen) atoms. The molecule has 1 aromatic heterocycles. The molecule has 3 amide bonds. The highest BCUT2D eigenvalue weighted by Crippen LogP contribution is 2.22. The van der Waals surface area contributed by atoms with Gasteiger partial charge in [0, 0.05) is 12.2 Å². The van der Waals surface area contributed by atoms with E-state index in [4.69, 9.17) is 0 Å². The molecule has 0 unspecified atom stereocenters. The molecule has 7 nitrogen and oxygen atoms in total. The summed E-state index contributed by atoms with van der Waals surface area (Å²) in [6.07, 6.45) is 0.870. The molecule has 0 saturated heterocycles. The molecule has 0 radical (unpaired) electrons. The van der Waals surface area contributed by atoms with E-state index < -0.39 is 6.03 Å². The minimum absolute atomic E-state index is 0.0849. The van der Waals surface area contributed by atoms with E-state index in [1.807, 2.05) is 42.7 Å². The number of nitrogens with zero attached hydrogens (tertiary/aromatic N) is 3. The van der Waals surface area contributed by atoms with Gasteiger partial charge >= 0.3 is 6.03 Å². The van der Waals surface area contributed by atoms with Gasteiger partial charge in [-0.2, -0.15) is 0 Å². The largest absolute Gasteiger partial charge is 0.338 e. The van der Waals surface area contributed by atoms with Gasteiger partial charge in [-0.3, -0.25) is 14.7 Å². The van der Waals surface area contributed by atoms with Crippen molar-refractivity contribution in [3.63, 3.8) is 0 Å². The third-order valence-electron chi connectivity index (χ3n) is 3.65. The Balaban J connectivity index is 1.92. The van der Waals surface area contributed by atoms with Gasteiger partial charge in [-0.05, 0) is 43.9 Å². The summed E-state index contributed by atoms with van der Waals surface area (Å²) in [6.45, 7) is 8.58. The number of rotatable bonds is 7. The van der Waals surface area contributed by atoms with Gasteiger partial charge in [0.05, 0.1) is 5.75 Å². The minimum atomic E-state index is -0.465. The first-order chi connectivity index (χ1) is 12.4. The number of thioether (sulfide) groups is 1. The highest BCUT2D eigenvalue weighted by molar-refractivity contribution is 7.99. The molecule has 8 heteroatoms. The Labute approximate surface area is 158 Å². The van der Waals surface area contributed by atoms with Crippen molar-refractivity contribution in [1.82, 2.24) is 25.4 Å². The average Bonchev–Trinajstić information content (AvgIpc) is 2.93. The lowest BCUT2D eigenvalue weighted by Gasteiger charge is -2.10. The molecule has 0 bridgehead atoms. The molecular weight excluding hydrogens is 350 g/mol. The maximum atomic E-state index is 12.0. The first kappa shape index (κ1) is 20.0. The van der Waals surface area contributed by atoms with Crippen LogP contribution in [0.2, 0.25) is 0 Å². The summed E-state index contributed by atoms with van der Waals surface area (Å²) in [5.74, 6) is 0.956. The molecule has 0 saturated carbocycles. The molecule has 1 aromatic carbocycles. The zero-order valence-corrected chi connectivity index (χ0v) is 16.4. The fraction of sp³-hybridized carbons (Fsp3) is 0.444. The Morgan fingerprint density at radius 2 is 2.00 bits per heavy atom. The van der Waals surface area contributed by atoms with Crippen molar-refractivity contribution in [3.8, 4) is 5.69 Å². The summed E-state index contributed by atoms with van der Waals surface area (Å²) in [7, 11) is 0. The van der Waals surface area contributed by atoms with Crippen LogP contribution in [0.3, 0.4) is 0 Å². The summed E-state index contributed by atoms with van der Waals surface area (Å²) >= 11 is 1.24. The fourth-order valence-corrected chi connectivity index (χ4v) is 3.11. The topological polar surface area (TPSA) is 88.9 Å². The van der Waals surface area contributed by atoms with E-state index in [9.17, 15) is 9.59 Å². The smallest absolute Gasteiger partial charge is 0.321 e. The summed E-state index contributed by atoms with van der Waals surface area (Å²) in [6, 6.07) is 7.51. The molecule has 2 aromatic rings. The number of amides is 3. The predicted octanol–water partition coefficient (Wildman–Crippen LogP) is 2.85. The summed E-state index contributed by atoms with van der Waals surface area (Å²) in [5.41, 5.74) is 2.07. The third kappa shape index (κ3) is 5.87. The van der Waals surface area contributed by atoms with E-state index in [2.05, 4.69) is 34.7 Å². The lowest BCUT2D eigenvalue weighted by Crippen LogP contribution is -2.40. The second kappa shape index (κ2) is 9.38. The van der Waals surface area contributed by atoms with Crippen LogP contribution in [0.4, 0.5) is 4.79 Å². The first-order valence-electron chi connectivity index (χ1n) is 8.56. The lowest BCUT2D eigenvalue weighted by atomic mass is 10.1. The molecule has 140 valence electrons. The van der Waals surface area contributed by atoms with Crippen molar-refractivity contribution in [2.45, 2.75) is 39.3 Å². The highest BCUT2D eigenvalue weighted by atomic mass is 32.2.